The average Bonchev–Trinajstić information content (AvgIpc) is 2.78. The Labute approximate surface area is 209 Å². The van der Waals surface area contributed by atoms with Gasteiger partial charge in [0.15, 0.2) is 0 Å². The van der Waals surface area contributed by atoms with Gasteiger partial charge in [0.2, 0.25) is 0 Å². The molecule has 0 atom stereocenters. The number of hydrogen-bond acceptors (Lipinski definition) is 4. The van der Waals surface area contributed by atoms with Crippen LogP contribution in [0.3, 0.4) is 0 Å². The summed E-state index contributed by atoms with van der Waals surface area (Å²) in [5.74, 6) is -1.04. The minimum absolute atomic E-state index is 0.191. The molecule has 1 aliphatic rings. The van der Waals surface area contributed by atoms with Crippen molar-refractivity contribution in [2.75, 3.05) is 4.90 Å². The van der Waals surface area contributed by atoms with Crippen molar-refractivity contribution in [2.24, 2.45) is 0 Å². The summed E-state index contributed by atoms with van der Waals surface area (Å²) in [5, 5.41) is 2.68. The van der Waals surface area contributed by atoms with Gasteiger partial charge in [-0.3, -0.25) is 14.9 Å². The van der Waals surface area contributed by atoms with Gasteiger partial charge in [-0.2, -0.15) is 0 Å². The number of benzene rings is 3. The number of urea groups is 1. The quantitative estimate of drug-likeness (QED) is 0.362. The van der Waals surface area contributed by atoms with Gasteiger partial charge in [-0.25, -0.2) is 9.69 Å². The summed E-state index contributed by atoms with van der Waals surface area (Å²) in [6, 6.07) is 15.7. The van der Waals surface area contributed by atoms with E-state index in [0.717, 1.165) is 32.7 Å². The summed E-state index contributed by atoms with van der Waals surface area (Å²) >= 11 is 6.22. The molecule has 7 heteroatoms. The second-order valence-corrected chi connectivity index (χ2v) is 9.08. The van der Waals surface area contributed by atoms with Gasteiger partial charge < -0.3 is 4.74 Å². The second-order valence-electron chi connectivity index (χ2n) is 8.64. The highest BCUT2D eigenvalue weighted by Gasteiger charge is 2.37. The highest BCUT2D eigenvalue weighted by molar-refractivity contribution is 6.39. The van der Waals surface area contributed by atoms with E-state index in [2.05, 4.69) is 11.4 Å². The Hall–Kier alpha value is -3.90. The highest BCUT2D eigenvalue weighted by atomic mass is 35.5. The number of rotatable bonds is 5. The van der Waals surface area contributed by atoms with Crippen LogP contribution >= 0.6 is 11.6 Å². The van der Waals surface area contributed by atoms with Crippen molar-refractivity contribution in [3.63, 3.8) is 0 Å². The van der Waals surface area contributed by atoms with Crippen molar-refractivity contribution in [1.82, 2.24) is 5.32 Å². The molecule has 0 spiro atoms. The van der Waals surface area contributed by atoms with Gasteiger partial charge in [0.1, 0.15) is 17.9 Å². The Morgan fingerprint density at radius 2 is 1.66 bits per heavy atom. The molecular weight excluding hydrogens is 464 g/mol. The van der Waals surface area contributed by atoms with Gasteiger partial charge in [0.25, 0.3) is 11.8 Å². The molecule has 0 bridgehead atoms. The van der Waals surface area contributed by atoms with E-state index in [1.54, 1.807) is 30.3 Å². The summed E-state index contributed by atoms with van der Waals surface area (Å²) in [6.45, 7) is 8.04. The van der Waals surface area contributed by atoms with Crippen LogP contribution in [-0.4, -0.2) is 17.8 Å². The number of nitrogens with zero attached hydrogens (tertiary/aromatic N) is 1. The molecule has 0 aromatic heterocycles. The zero-order valence-corrected chi connectivity index (χ0v) is 20.7. The fourth-order valence-corrected chi connectivity index (χ4v) is 4.27. The first-order valence-corrected chi connectivity index (χ1v) is 11.5. The average molecular weight is 489 g/mol. The Kier molecular flexibility index (Phi) is 6.76. The van der Waals surface area contributed by atoms with Crippen LogP contribution in [0.2, 0.25) is 5.02 Å². The van der Waals surface area contributed by atoms with Crippen LogP contribution in [0.15, 0.2) is 60.2 Å². The van der Waals surface area contributed by atoms with Crippen LogP contribution in [0.25, 0.3) is 6.08 Å². The number of carbonyl (C=O) groups excluding carboxylic acids is 3. The Morgan fingerprint density at radius 1 is 0.943 bits per heavy atom. The van der Waals surface area contributed by atoms with Crippen LogP contribution in [-0.2, 0) is 16.2 Å². The predicted octanol–water partition coefficient (Wildman–Crippen LogP) is 5.82. The lowest BCUT2D eigenvalue weighted by Gasteiger charge is -2.28. The predicted molar refractivity (Wildman–Crippen MR) is 137 cm³/mol. The molecule has 1 aliphatic heterocycles. The van der Waals surface area contributed by atoms with E-state index >= 15 is 0 Å². The van der Waals surface area contributed by atoms with Crippen molar-refractivity contribution in [1.29, 1.82) is 0 Å². The minimum atomic E-state index is -0.789. The van der Waals surface area contributed by atoms with E-state index in [1.807, 2.05) is 45.9 Å². The molecule has 3 aromatic rings. The third kappa shape index (κ3) is 5.12. The first-order chi connectivity index (χ1) is 16.6. The summed E-state index contributed by atoms with van der Waals surface area (Å²) in [5.41, 5.74) is 5.62. The number of ether oxygens (including phenoxy) is 1. The van der Waals surface area contributed by atoms with Crippen LogP contribution in [0, 0.1) is 27.7 Å². The molecule has 3 aromatic carbocycles. The second kappa shape index (κ2) is 9.76. The fourth-order valence-electron chi connectivity index (χ4n) is 4.09. The molecular formula is C28H25ClN2O4. The van der Waals surface area contributed by atoms with Crippen LogP contribution in [0.1, 0.15) is 33.4 Å². The van der Waals surface area contributed by atoms with Gasteiger partial charge >= 0.3 is 6.03 Å². The lowest BCUT2D eigenvalue weighted by Crippen LogP contribution is -2.54. The normalized spacial score (nSPS) is 14.9. The molecule has 1 fully saturated rings. The molecule has 0 radical (unpaired) electrons. The minimum Gasteiger partial charge on any atom is -0.488 e. The summed E-state index contributed by atoms with van der Waals surface area (Å²) in [4.78, 5) is 39.6. The first kappa shape index (κ1) is 24.2. The number of halogens is 1. The first-order valence-electron chi connectivity index (χ1n) is 11.1. The lowest BCUT2D eigenvalue weighted by molar-refractivity contribution is -0.122. The van der Waals surface area contributed by atoms with Gasteiger partial charge in [-0.05, 0) is 74.7 Å². The van der Waals surface area contributed by atoms with Gasteiger partial charge in [0, 0.05) is 10.6 Å². The zero-order chi connectivity index (χ0) is 25.3. The maximum atomic E-state index is 13.4. The molecule has 0 aliphatic carbocycles. The summed E-state index contributed by atoms with van der Waals surface area (Å²) in [6.07, 6.45) is 1.41. The maximum absolute atomic E-state index is 13.4. The Bertz CT molecular complexity index is 1370. The molecule has 35 heavy (non-hydrogen) atoms. The maximum Gasteiger partial charge on any atom is 0.335 e. The van der Waals surface area contributed by atoms with Gasteiger partial charge in [-0.15, -0.1) is 0 Å². The van der Waals surface area contributed by atoms with Crippen molar-refractivity contribution >= 4 is 41.2 Å². The number of imide groups is 2. The highest BCUT2D eigenvalue weighted by Crippen LogP contribution is 2.30. The molecule has 1 N–H and O–H groups in total. The van der Waals surface area contributed by atoms with Gasteiger partial charge in [0.05, 0.1) is 5.69 Å². The van der Waals surface area contributed by atoms with E-state index in [0.29, 0.717) is 28.6 Å². The molecule has 4 rings (SSSR count). The number of amides is 4. The Balaban J connectivity index is 1.70. The summed E-state index contributed by atoms with van der Waals surface area (Å²) < 4.78 is 6.04. The Morgan fingerprint density at radius 3 is 2.37 bits per heavy atom. The number of anilines is 1. The SMILES string of the molecule is Cc1cc(C)cc(COc2ccc(Cl)cc2/C=C2\C(=O)NC(=O)N(c3cccc(C)c3C)C2=O)c1. The van der Waals surface area contributed by atoms with Crippen LogP contribution < -0.4 is 15.0 Å². The smallest absolute Gasteiger partial charge is 0.335 e. The number of carbonyl (C=O) groups is 3. The molecule has 6 nitrogen and oxygen atoms in total. The van der Waals surface area contributed by atoms with E-state index in [9.17, 15) is 14.4 Å². The molecule has 1 heterocycles. The molecule has 0 unspecified atom stereocenters. The third-order valence-electron chi connectivity index (χ3n) is 5.87. The molecule has 4 amide bonds. The van der Waals surface area contributed by atoms with Crippen molar-refractivity contribution < 1.29 is 19.1 Å². The fraction of sp³-hybridized carbons (Fsp3) is 0.179. The standard InChI is InChI=1S/C28H25ClN2O4/c1-16-10-17(2)12-20(11-16)15-35-25-9-8-22(29)13-21(25)14-23-26(32)30-28(34)31(27(23)33)24-7-5-6-18(3)19(24)4/h5-14H,15H2,1-4H3,(H,30,32,34)/b23-14+. The van der Waals surface area contributed by atoms with E-state index in [4.69, 9.17) is 16.3 Å². The van der Waals surface area contributed by atoms with E-state index in [-0.39, 0.29) is 5.57 Å². The third-order valence-corrected chi connectivity index (χ3v) is 6.10. The van der Waals surface area contributed by atoms with Crippen molar-refractivity contribution in [3.05, 3.63) is 98.6 Å². The van der Waals surface area contributed by atoms with Gasteiger partial charge in [-0.1, -0.05) is 53.1 Å². The number of nitrogens with one attached hydrogen (secondary N) is 1. The molecule has 178 valence electrons. The van der Waals surface area contributed by atoms with Crippen molar-refractivity contribution in [3.8, 4) is 5.75 Å². The molecule has 1 saturated heterocycles. The number of aryl methyl sites for hydroxylation is 3. The lowest BCUT2D eigenvalue weighted by atomic mass is 10.0. The number of barbiturate groups is 1. The monoisotopic (exact) mass is 488 g/mol. The largest absolute Gasteiger partial charge is 0.488 e. The van der Waals surface area contributed by atoms with Crippen LogP contribution in [0.5, 0.6) is 5.75 Å². The van der Waals surface area contributed by atoms with E-state index < -0.39 is 17.8 Å². The number of hydrogen-bond donors (Lipinski definition) is 1. The topological polar surface area (TPSA) is 75.7 Å². The zero-order valence-electron chi connectivity index (χ0n) is 19.9. The van der Waals surface area contributed by atoms with Crippen molar-refractivity contribution in [2.45, 2.75) is 34.3 Å². The van der Waals surface area contributed by atoms with Crippen LogP contribution in [0.4, 0.5) is 10.5 Å². The molecule has 0 saturated carbocycles. The van der Waals surface area contributed by atoms with E-state index in [1.165, 1.54) is 6.08 Å². The summed E-state index contributed by atoms with van der Waals surface area (Å²) in [7, 11) is 0.